The summed E-state index contributed by atoms with van der Waals surface area (Å²) >= 11 is 1.25. The fourth-order valence-electron chi connectivity index (χ4n) is 5.27. The first-order valence-electron chi connectivity index (χ1n) is 14.3. The van der Waals surface area contributed by atoms with Gasteiger partial charge in [-0.2, -0.15) is 31.3 Å². The molecule has 3 aliphatic heterocycles. The van der Waals surface area contributed by atoms with Gasteiger partial charge in [0, 0.05) is 38.3 Å². The number of methoxy groups -OCH3 is 1. The molecule has 248 valence electrons. The van der Waals surface area contributed by atoms with Gasteiger partial charge in [0.15, 0.2) is 28.2 Å². The maximum Gasteiger partial charge on any atom is 0.416 e. The van der Waals surface area contributed by atoms with Crippen LogP contribution in [-0.4, -0.2) is 61.0 Å². The van der Waals surface area contributed by atoms with Gasteiger partial charge in [0.25, 0.3) is 5.91 Å². The summed E-state index contributed by atoms with van der Waals surface area (Å²) in [6.07, 6.45) is -8.32. The van der Waals surface area contributed by atoms with E-state index in [9.17, 15) is 31.1 Å². The van der Waals surface area contributed by atoms with Crippen molar-refractivity contribution in [3.63, 3.8) is 0 Å². The highest BCUT2D eigenvalue weighted by atomic mass is 32.2. The summed E-state index contributed by atoms with van der Waals surface area (Å²) in [6, 6.07) is 11.9. The highest BCUT2D eigenvalue weighted by molar-refractivity contribution is 8.18. The number of rotatable bonds is 7. The van der Waals surface area contributed by atoms with E-state index in [-0.39, 0.29) is 24.4 Å². The normalized spacial score (nSPS) is 17.8. The van der Waals surface area contributed by atoms with E-state index in [2.05, 4.69) is 14.8 Å². The zero-order valence-corrected chi connectivity index (χ0v) is 25.6. The number of aliphatic imine (C=N–C) groups is 1. The number of ether oxygens (including phenoxy) is 4. The highest BCUT2D eigenvalue weighted by Crippen LogP contribution is 2.39. The van der Waals surface area contributed by atoms with Crippen LogP contribution in [0.4, 0.5) is 26.3 Å². The lowest BCUT2D eigenvalue weighted by Gasteiger charge is -2.35. The molecule has 6 rings (SSSR count). The van der Waals surface area contributed by atoms with Crippen LogP contribution in [-0.2, 0) is 30.3 Å². The van der Waals surface area contributed by atoms with Crippen molar-refractivity contribution in [1.29, 1.82) is 0 Å². The molecule has 0 bridgehead atoms. The molecule has 8 nitrogen and oxygen atoms in total. The number of alkyl halides is 6. The van der Waals surface area contributed by atoms with Gasteiger partial charge >= 0.3 is 12.4 Å². The Labute approximate surface area is 269 Å². The summed E-state index contributed by atoms with van der Waals surface area (Å²) in [5.74, 6) is 1.33. The van der Waals surface area contributed by atoms with Gasteiger partial charge in [-0.3, -0.25) is 9.69 Å². The van der Waals surface area contributed by atoms with Crippen LogP contribution in [0.15, 0.2) is 64.5 Å². The molecule has 0 unspecified atom stereocenters. The number of halogens is 6. The van der Waals surface area contributed by atoms with E-state index in [0.29, 0.717) is 34.8 Å². The van der Waals surface area contributed by atoms with Crippen LogP contribution in [0, 0.1) is 0 Å². The molecule has 3 aromatic rings. The predicted octanol–water partition coefficient (Wildman–Crippen LogP) is 6.83. The van der Waals surface area contributed by atoms with Gasteiger partial charge in [-0.05, 0) is 65.4 Å². The number of hydrogen-bond acceptors (Lipinski definition) is 8. The molecule has 1 saturated heterocycles. The Balaban J connectivity index is 1.07. The Kier molecular flexibility index (Phi) is 9.03. The average Bonchev–Trinajstić information content (AvgIpc) is 3.65. The van der Waals surface area contributed by atoms with Crippen molar-refractivity contribution in [2.45, 2.75) is 25.5 Å². The third kappa shape index (κ3) is 7.46. The first kappa shape index (κ1) is 32.6. The van der Waals surface area contributed by atoms with Gasteiger partial charge in [0.2, 0.25) is 6.79 Å². The van der Waals surface area contributed by atoms with E-state index in [1.165, 1.54) is 24.9 Å². The molecule has 3 aliphatic rings. The Bertz CT molecular complexity index is 1740. The molecule has 0 aromatic heterocycles. The first-order valence-corrected chi connectivity index (χ1v) is 15.2. The predicted molar refractivity (Wildman–Crippen MR) is 161 cm³/mol. The van der Waals surface area contributed by atoms with Crippen LogP contribution in [0.3, 0.4) is 0 Å². The van der Waals surface area contributed by atoms with E-state index >= 15 is 0 Å². The summed E-state index contributed by atoms with van der Waals surface area (Å²) in [5.41, 5.74) is -1.64. The fourth-order valence-corrected chi connectivity index (χ4v) is 6.24. The lowest BCUT2D eigenvalue weighted by molar-refractivity contribution is -0.143. The van der Waals surface area contributed by atoms with Crippen LogP contribution >= 0.6 is 11.8 Å². The van der Waals surface area contributed by atoms with E-state index in [1.807, 2.05) is 18.2 Å². The molecule has 1 fully saturated rings. The standard InChI is InChI=1S/C32H27F6N3O5S/c1-43-26-12-19(2-6-24(26)44-17-21-4-5-22(31(33,34)35)15-23(21)32(36,37)38)14-28-29(42)39-30(47-28)41-10-8-40(9-11-41)16-20-3-7-25-27(13-20)46-18-45-25/h2-7,12-15H,8-11,16-18H2,1H3. The maximum atomic E-state index is 13.5. The third-order valence-corrected chi connectivity index (χ3v) is 8.75. The second kappa shape index (κ2) is 13.0. The quantitative estimate of drug-likeness (QED) is 0.199. The van der Waals surface area contributed by atoms with Crippen molar-refractivity contribution in [3.8, 4) is 23.0 Å². The molecule has 3 heterocycles. The molecule has 47 heavy (non-hydrogen) atoms. The van der Waals surface area contributed by atoms with Crippen molar-refractivity contribution < 1.29 is 50.1 Å². The highest BCUT2D eigenvalue weighted by Gasteiger charge is 2.38. The van der Waals surface area contributed by atoms with Crippen molar-refractivity contribution in [1.82, 2.24) is 9.80 Å². The number of piperazine rings is 1. The monoisotopic (exact) mass is 679 g/mol. The summed E-state index contributed by atoms with van der Waals surface area (Å²) in [6.45, 7) is 3.25. The minimum Gasteiger partial charge on any atom is -0.493 e. The van der Waals surface area contributed by atoms with Gasteiger partial charge in [0.1, 0.15) is 6.61 Å². The number of benzene rings is 3. The Hall–Kier alpha value is -4.37. The summed E-state index contributed by atoms with van der Waals surface area (Å²) in [7, 11) is 1.33. The van der Waals surface area contributed by atoms with Crippen LogP contribution in [0.5, 0.6) is 23.0 Å². The third-order valence-electron chi connectivity index (χ3n) is 7.71. The fraction of sp³-hybridized carbons (Fsp3) is 0.312. The van der Waals surface area contributed by atoms with Gasteiger partial charge in [0.05, 0.1) is 23.1 Å². The summed E-state index contributed by atoms with van der Waals surface area (Å²) in [5, 5.41) is 0.605. The van der Waals surface area contributed by atoms with E-state index in [0.717, 1.165) is 42.8 Å². The Morgan fingerprint density at radius 1 is 0.894 bits per heavy atom. The van der Waals surface area contributed by atoms with E-state index in [1.54, 1.807) is 18.2 Å². The molecule has 15 heteroatoms. The number of fused-ring (bicyclic) bond motifs is 1. The lowest BCUT2D eigenvalue weighted by Crippen LogP contribution is -2.47. The second-order valence-corrected chi connectivity index (χ2v) is 11.8. The smallest absolute Gasteiger partial charge is 0.416 e. The molecule has 0 spiro atoms. The SMILES string of the molecule is COc1cc(C=C2SC(N3CCN(Cc4ccc5c(c4)OCO5)CC3)=NC2=O)ccc1OCc1ccc(C(F)(F)F)cc1C(F)(F)F. The molecule has 0 aliphatic carbocycles. The van der Waals surface area contributed by atoms with Crippen LogP contribution in [0.2, 0.25) is 0 Å². The van der Waals surface area contributed by atoms with Crippen LogP contribution in [0.25, 0.3) is 6.08 Å². The molecule has 0 saturated carbocycles. The van der Waals surface area contributed by atoms with Crippen molar-refractivity contribution in [2.75, 3.05) is 40.1 Å². The van der Waals surface area contributed by atoms with E-state index < -0.39 is 41.6 Å². The van der Waals surface area contributed by atoms with E-state index in [4.69, 9.17) is 18.9 Å². The molecular weight excluding hydrogens is 652 g/mol. The second-order valence-electron chi connectivity index (χ2n) is 10.8. The molecule has 0 atom stereocenters. The van der Waals surface area contributed by atoms with Gasteiger partial charge in [-0.1, -0.05) is 18.2 Å². The number of amides is 1. The van der Waals surface area contributed by atoms with Crippen LogP contribution in [0.1, 0.15) is 27.8 Å². The number of nitrogens with zero attached hydrogens (tertiary/aromatic N) is 3. The Morgan fingerprint density at radius 3 is 2.38 bits per heavy atom. The number of hydrogen-bond donors (Lipinski definition) is 0. The number of amidine groups is 1. The van der Waals surface area contributed by atoms with Crippen molar-refractivity contribution in [3.05, 3.63) is 87.3 Å². The molecule has 0 radical (unpaired) electrons. The summed E-state index contributed by atoms with van der Waals surface area (Å²) in [4.78, 5) is 21.8. The zero-order chi connectivity index (χ0) is 33.3. The maximum absolute atomic E-state index is 13.5. The number of thioether (sulfide) groups is 1. The molecule has 0 N–H and O–H groups in total. The minimum absolute atomic E-state index is 0.0683. The zero-order valence-electron chi connectivity index (χ0n) is 24.8. The lowest BCUT2D eigenvalue weighted by atomic mass is 10.0. The van der Waals surface area contributed by atoms with Crippen LogP contribution < -0.4 is 18.9 Å². The van der Waals surface area contributed by atoms with Gasteiger partial charge < -0.3 is 23.8 Å². The number of carbonyl (C=O) groups excluding carboxylic acids is 1. The molecule has 1 amide bonds. The van der Waals surface area contributed by atoms with Crippen molar-refractivity contribution in [2.24, 2.45) is 4.99 Å². The minimum atomic E-state index is -5.02. The average molecular weight is 680 g/mol. The van der Waals surface area contributed by atoms with Gasteiger partial charge in [-0.25, -0.2) is 0 Å². The Morgan fingerprint density at radius 2 is 1.66 bits per heavy atom. The van der Waals surface area contributed by atoms with Crippen molar-refractivity contribution >= 4 is 28.9 Å². The largest absolute Gasteiger partial charge is 0.493 e. The van der Waals surface area contributed by atoms with Gasteiger partial charge in [-0.15, -0.1) is 0 Å². The topological polar surface area (TPSA) is 72.8 Å². The first-order chi connectivity index (χ1) is 22.4. The summed E-state index contributed by atoms with van der Waals surface area (Å²) < 4.78 is 101. The molecular formula is C32H27F6N3O5S. The number of carbonyl (C=O) groups is 1. The molecule has 3 aromatic carbocycles.